The molecule has 0 N–H and O–H groups in total. The molecular formula is C43H76F2O. The number of unbranched alkanes of at least 4 members (excludes halogenated alkanes) is 4. The van der Waals surface area contributed by atoms with Crippen molar-refractivity contribution in [2.24, 2.45) is 47.3 Å². The van der Waals surface area contributed by atoms with E-state index in [1.54, 1.807) is 0 Å². The van der Waals surface area contributed by atoms with Gasteiger partial charge in [-0.1, -0.05) is 142 Å². The van der Waals surface area contributed by atoms with Crippen LogP contribution in [0.5, 0.6) is 0 Å². The molecule has 0 bridgehead atoms. The molecule has 4 aliphatic rings. The molecular weight excluding hydrogens is 570 g/mol. The van der Waals surface area contributed by atoms with Gasteiger partial charge in [0.1, 0.15) is 18.1 Å². The maximum absolute atomic E-state index is 15.2. The zero-order valence-electron chi connectivity index (χ0n) is 30.7. The SMILES string of the molecule is CCCCCC1CCC(C(F)CC2CCC(CCC(=O)CCC3CCC(CC(F)C4CCC(CCCCC)CC4)CC3)CC2)CC1. The normalized spacial score (nSPS) is 33.8. The number of hydrogen-bond donors (Lipinski definition) is 0. The number of carbonyl (C=O) groups excluding carboxylic acids is 1. The minimum atomic E-state index is -0.585. The van der Waals surface area contributed by atoms with Gasteiger partial charge in [0.2, 0.25) is 0 Å². The molecule has 0 aliphatic heterocycles. The van der Waals surface area contributed by atoms with Crippen molar-refractivity contribution >= 4 is 5.78 Å². The Kier molecular flexibility index (Phi) is 18.0. The molecule has 1 nitrogen and oxygen atoms in total. The summed E-state index contributed by atoms with van der Waals surface area (Å²) in [6, 6.07) is 0. The molecule has 3 heteroatoms. The predicted octanol–water partition coefficient (Wildman–Crippen LogP) is 14.0. The first kappa shape index (κ1) is 38.3. The third-order valence-corrected chi connectivity index (χ3v) is 14.0. The summed E-state index contributed by atoms with van der Waals surface area (Å²) in [4.78, 5) is 12.8. The number of Topliss-reactive ketones (excluding diaryl/α,β-unsaturated/α-hetero) is 1. The molecule has 4 aliphatic carbocycles. The molecule has 0 aromatic carbocycles. The molecule has 4 rings (SSSR count). The second-order valence-corrected chi connectivity index (χ2v) is 17.4. The van der Waals surface area contributed by atoms with Gasteiger partial charge in [-0.05, 0) is 98.7 Å². The number of halogens is 2. The molecule has 0 aromatic heterocycles. The van der Waals surface area contributed by atoms with E-state index >= 15 is 8.78 Å². The second-order valence-electron chi connectivity index (χ2n) is 17.4. The van der Waals surface area contributed by atoms with Crippen LogP contribution in [0.4, 0.5) is 8.78 Å². The highest BCUT2D eigenvalue weighted by Gasteiger charge is 2.32. The Morgan fingerprint density at radius 1 is 0.457 bits per heavy atom. The van der Waals surface area contributed by atoms with Gasteiger partial charge in [0, 0.05) is 12.8 Å². The first-order valence-corrected chi connectivity index (χ1v) is 21.2. The molecule has 4 fully saturated rings. The van der Waals surface area contributed by atoms with Gasteiger partial charge in [-0.3, -0.25) is 4.79 Å². The van der Waals surface area contributed by atoms with Crippen LogP contribution in [0.15, 0.2) is 0 Å². The average Bonchev–Trinajstić information content (AvgIpc) is 3.08. The highest BCUT2D eigenvalue weighted by atomic mass is 19.1. The number of rotatable bonds is 20. The number of ketones is 1. The Balaban J connectivity index is 0.991. The van der Waals surface area contributed by atoms with Crippen LogP contribution in [0.1, 0.15) is 206 Å². The Labute approximate surface area is 285 Å². The number of carbonyl (C=O) groups is 1. The van der Waals surface area contributed by atoms with E-state index in [1.807, 2.05) is 0 Å². The molecule has 0 spiro atoms. The molecule has 0 amide bonds. The van der Waals surface area contributed by atoms with E-state index < -0.39 is 12.3 Å². The fourth-order valence-corrected chi connectivity index (χ4v) is 10.4. The van der Waals surface area contributed by atoms with Crippen molar-refractivity contribution in [2.75, 3.05) is 0 Å². The van der Waals surface area contributed by atoms with Gasteiger partial charge >= 0.3 is 0 Å². The summed E-state index contributed by atoms with van der Waals surface area (Å²) < 4.78 is 30.5. The maximum Gasteiger partial charge on any atom is 0.132 e. The van der Waals surface area contributed by atoms with Gasteiger partial charge in [-0.15, -0.1) is 0 Å². The lowest BCUT2D eigenvalue weighted by Crippen LogP contribution is -2.26. The van der Waals surface area contributed by atoms with Crippen LogP contribution >= 0.6 is 0 Å². The van der Waals surface area contributed by atoms with Crippen molar-refractivity contribution in [2.45, 2.75) is 219 Å². The quantitative estimate of drug-likeness (QED) is 0.120. The predicted molar refractivity (Wildman–Crippen MR) is 193 cm³/mol. The summed E-state index contributed by atoms with van der Waals surface area (Å²) in [6.45, 7) is 4.55. The fourth-order valence-electron chi connectivity index (χ4n) is 10.4. The van der Waals surface area contributed by atoms with Gasteiger partial charge in [-0.2, -0.15) is 0 Å². The van der Waals surface area contributed by atoms with Crippen molar-refractivity contribution in [1.82, 2.24) is 0 Å². The zero-order valence-corrected chi connectivity index (χ0v) is 30.7. The van der Waals surface area contributed by atoms with E-state index in [4.69, 9.17) is 0 Å². The third-order valence-electron chi connectivity index (χ3n) is 14.0. The van der Waals surface area contributed by atoms with E-state index in [-0.39, 0.29) is 0 Å². The number of hydrogen-bond acceptors (Lipinski definition) is 1. The molecule has 0 saturated heterocycles. The molecule has 2 unspecified atom stereocenters. The molecule has 0 heterocycles. The van der Waals surface area contributed by atoms with Crippen LogP contribution < -0.4 is 0 Å². The third kappa shape index (κ3) is 13.8. The standard InChI is InChI=1S/C43H76F2O/c1-3-5-7-9-33-19-25-39(26-20-33)42(44)31-37-15-11-35(12-16-37)23-29-41(46)30-24-36-13-17-38(18-14-36)32-43(45)40-27-21-34(22-28-40)10-8-6-4-2/h33-40,42-43H,3-32H2,1-2H3. The van der Waals surface area contributed by atoms with Crippen molar-refractivity contribution < 1.29 is 13.6 Å². The second kappa shape index (κ2) is 21.6. The number of alkyl halides is 2. The minimum absolute atomic E-state index is 0.322. The molecule has 4 saturated carbocycles. The highest BCUT2D eigenvalue weighted by Crippen LogP contribution is 2.42. The fraction of sp³-hybridized carbons (Fsp3) is 0.977. The molecule has 0 aromatic rings. The molecule has 2 atom stereocenters. The van der Waals surface area contributed by atoms with Crippen LogP contribution in [-0.2, 0) is 4.79 Å². The van der Waals surface area contributed by atoms with Gasteiger partial charge in [0.05, 0.1) is 0 Å². The van der Waals surface area contributed by atoms with E-state index in [0.717, 1.165) is 76.0 Å². The van der Waals surface area contributed by atoms with Crippen molar-refractivity contribution in [3.63, 3.8) is 0 Å². The van der Waals surface area contributed by atoms with Gasteiger partial charge < -0.3 is 0 Å². The minimum Gasteiger partial charge on any atom is -0.300 e. The summed E-state index contributed by atoms with van der Waals surface area (Å²) >= 11 is 0. The van der Waals surface area contributed by atoms with E-state index in [0.29, 0.717) is 41.3 Å². The van der Waals surface area contributed by atoms with E-state index in [9.17, 15) is 4.79 Å². The molecule has 0 radical (unpaired) electrons. The topological polar surface area (TPSA) is 17.1 Å². The Hall–Kier alpha value is -0.470. The van der Waals surface area contributed by atoms with Crippen molar-refractivity contribution in [3.8, 4) is 0 Å². The molecule has 46 heavy (non-hydrogen) atoms. The van der Waals surface area contributed by atoms with Crippen LogP contribution in [0.3, 0.4) is 0 Å². The summed E-state index contributed by atoms with van der Waals surface area (Å²) in [5, 5.41) is 0. The van der Waals surface area contributed by atoms with Gasteiger partial charge in [0.25, 0.3) is 0 Å². The maximum atomic E-state index is 15.2. The average molecular weight is 647 g/mol. The highest BCUT2D eigenvalue weighted by molar-refractivity contribution is 5.78. The first-order valence-electron chi connectivity index (χ1n) is 21.2. The van der Waals surface area contributed by atoms with E-state index in [2.05, 4.69) is 13.8 Å². The van der Waals surface area contributed by atoms with Crippen molar-refractivity contribution in [3.05, 3.63) is 0 Å². The lowest BCUT2D eigenvalue weighted by atomic mass is 9.73. The Bertz CT molecular complexity index is 717. The Morgan fingerprint density at radius 3 is 1.11 bits per heavy atom. The summed E-state index contributed by atoms with van der Waals surface area (Å²) in [5.41, 5.74) is 0. The summed E-state index contributed by atoms with van der Waals surface area (Å²) in [5.74, 6) is 5.34. The van der Waals surface area contributed by atoms with Crippen LogP contribution in [0.25, 0.3) is 0 Å². The summed E-state index contributed by atoms with van der Waals surface area (Å²) in [7, 11) is 0. The Morgan fingerprint density at radius 2 is 0.761 bits per heavy atom. The zero-order chi connectivity index (χ0) is 32.6. The van der Waals surface area contributed by atoms with Crippen LogP contribution in [0.2, 0.25) is 0 Å². The molecule has 268 valence electrons. The first-order chi connectivity index (χ1) is 22.4. The largest absolute Gasteiger partial charge is 0.300 e. The van der Waals surface area contributed by atoms with Gasteiger partial charge in [-0.25, -0.2) is 8.78 Å². The lowest BCUT2D eigenvalue weighted by Gasteiger charge is -2.34. The van der Waals surface area contributed by atoms with Crippen LogP contribution in [0, 0.1) is 47.3 Å². The van der Waals surface area contributed by atoms with Gasteiger partial charge in [0.15, 0.2) is 0 Å². The summed E-state index contributed by atoms with van der Waals surface area (Å²) in [6.07, 6.45) is 33.8. The van der Waals surface area contributed by atoms with Crippen molar-refractivity contribution in [1.29, 1.82) is 0 Å². The monoisotopic (exact) mass is 647 g/mol. The van der Waals surface area contributed by atoms with E-state index in [1.165, 1.54) is 128 Å². The lowest BCUT2D eigenvalue weighted by molar-refractivity contribution is -0.119. The smallest absolute Gasteiger partial charge is 0.132 e. The van der Waals surface area contributed by atoms with Crippen LogP contribution in [-0.4, -0.2) is 18.1 Å².